The van der Waals surface area contributed by atoms with Crippen molar-refractivity contribution >= 4 is 15.8 Å². The number of pyridine rings is 1. The molecule has 1 aromatic rings. The van der Waals surface area contributed by atoms with Crippen LogP contribution >= 0.6 is 0 Å². The van der Waals surface area contributed by atoms with E-state index in [4.69, 9.17) is 4.74 Å². The maximum Gasteiger partial charge on any atom is 0.244 e. The van der Waals surface area contributed by atoms with Crippen molar-refractivity contribution in [1.29, 1.82) is 0 Å². The van der Waals surface area contributed by atoms with Gasteiger partial charge in [-0.1, -0.05) is 6.42 Å². The number of nitrogens with zero attached hydrogens (tertiary/aromatic N) is 4. The van der Waals surface area contributed by atoms with E-state index < -0.39 is 10.0 Å². The van der Waals surface area contributed by atoms with Gasteiger partial charge in [0.15, 0.2) is 0 Å². The van der Waals surface area contributed by atoms with Crippen molar-refractivity contribution < 1.29 is 13.2 Å². The van der Waals surface area contributed by atoms with Crippen LogP contribution < -0.4 is 4.90 Å². The van der Waals surface area contributed by atoms with E-state index in [-0.39, 0.29) is 0 Å². The number of anilines is 1. The number of morpholine rings is 1. The first-order valence-corrected chi connectivity index (χ1v) is 12.9. The Labute approximate surface area is 181 Å². The molecule has 3 aliphatic rings. The highest BCUT2D eigenvalue weighted by atomic mass is 32.2. The van der Waals surface area contributed by atoms with Crippen molar-refractivity contribution in [1.82, 2.24) is 14.2 Å². The number of hydrogen-bond acceptors (Lipinski definition) is 6. The van der Waals surface area contributed by atoms with Crippen LogP contribution in [0, 0.1) is 5.92 Å². The van der Waals surface area contributed by atoms with Gasteiger partial charge >= 0.3 is 0 Å². The minimum absolute atomic E-state index is 0.317. The number of aromatic nitrogens is 1. The van der Waals surface area contributed by atoms with Crippen LogP contribution in [0.3, 0.4) is 0 Å². The van der Waals surface area contributed by atoms with Crippen LogP contribution in [0.15, 0.2) is 23.2 Å². The molecular weight excluding hydrogens is 400 g/mol. The van der Waals surface area contributed by atoms with Crippen LogP contribution in [0.1, 0.15) is 46.0 Å². The number of ether oxygens (including phenoxy) is 1. The monoisotopic (exact) mass is 436 g/mol. The molecule has 0 N–H and O–H groups in total. The number of sulfonamides is 1. The van der Waals surface area contributed by atoms with Gasteiger partial charge in [0.2, 0.25) is 10.0 Å². The third kappa shape index (κ3) is 5.15. The van der Waals surface area contributed by atoms with Crippen molar-refractivity contribution in [2.24, 2.45) is 5.92 Å². The SMILES string of the molecule is CC1CN(CC2CCN(c3ccc(S(=O)(=O)N4CCCCC4)cn3)CC2)CC(C)O1. The summed E-state index contributed by atoms with van der Waals surface area (Å²) in [5, 5.41) is 0. The number of rotatable bonds is 5. The maximum atomic E-state index is 12.8. The first-order valence-electron chi connectivity index (χ1n) is 11.5. The van der Waals surface area contributed by atoms with E-state index in [1.54, 1.807) is 16.6 Å². The van der Waals surface area contributed by atoms with Gasteiger partial charge in [0.25, 0.3) is 0 Å². The average molecular weight is 437 g/mol. The quantitative estimate of drug-likeness (QED) is 0.707. The van der Waals surface area contributed by atoms with Gasteiger partial charge < -0.3 is 9.64 Å². The first kappa shape index (κ1) is 22.0. The summed E-state index contributed by atoms with van der Waals surface area (Å²) in [6.45, 7) is 10.7. The third-order valence-corrected chi connectivity index (χ3v) is 8.51. The van der Waals surface area contributed by atoms with Crippen molar-refractivity contribution in [3.63, 3.8) is 0 Å². The Balaban J connectivity index is 1.30. The first-order chi connectivity index (χ1) is 14.4. The molecular formula is C22H36N4O3S. The van der Waals surface area contributed by atoms with Gasteiger partial charge in [0, 0.05) is 52.0 Å². The van der Waals surface area contributed by atoms with E-state index in [9.17, 15) is 8.42 Å². The van der Waals surface area contributed by atoms with E-state index in [0.717, 1.165) is 70.6 Å². The molecule has 0 amide bonds. The van der Waals surface area contributed by atoms with Gasteiger partial charge in [0.1, 0.15) is 10.7 Å². The van der Waals surface area contributed by atoms with Gasteiger partial charge in [-0.05, 0) is 57.6 Å². The molecule has 7 nitrogen and oxygen atoms in total. The zero-order valence-electron chi connectivity index (χ0n) is 18.4. The van der Waals surface area contributed by atoms with Crippen LogP contribution in [0.4, 0.5) is 5.82 Å². The Hall–Kier alpha value is -1.22. The molecule has 0 aliphatic carbocycles. The van der Waals surface area contributed by atoms with Crippen LogP contribution in [-0.2, 0) is 14.8 Å². The zero-order chi connectivity index (χ0) is 21.1. The van der Waals surface area contributed by atoms with Crippen molar-refractivity contribution in [2.75, 3.05) is 50.7 Å². The Morgan fingerprint density at radius 1 is 1.00 bits per heavy atom. The maximum absolute atomic E-state index is 12.8. The molecule has 1 aromatic heterocycles. The second-order valence-electron chi connectivity index (χ2n) is 9.22. The minimum atomic E-state index is -3.41. The zero-order valence-corrected chi connectivity index (χ0v) is 19.2. The fourth-order valence-electron chi connectivity index (χ4n) is 5.11. The summed E-state index contributed by atoms with van der Waals surface area (Å²) in [7, 11) is -3.41. The normalized spacial score (nSPS) is 28.0. The van der Waals surface area contributed by atoms with Gasteiger partial charge in [-0.25, -0.2) is 13.4 Å². The van der Waals surface area contributed by atoms with E-state index in [1.807, 2.05) is 6.07 Å². The summed E-state index contributed by atoms with van der Waals surface area (Å²) < 4.78 is 33.1. The lowest BCUT2D eigenvalue weighted by Gasteiger charge is -2.39. The lowest BCUT2D eigenvalue weighted by molar-refractivity contribution is -0.0720. The van der Waals surface area contributed by atoms with Crippen molar-refractivity contribution in [3.05, 3.63) is 18.3 Å². The van der Waals surface area contributed by atoms with Crippen LogP contribution in [0.25, 0.3) is 0 Å². The van der Waals surface area contributed by atoms with E-state index in [1.165, 1.54) is 0 Å². The van der Waals surface area contributed by atoms with Crippen LogP contribution in [0.2, 0.25) is 0 Å². The molecule has 30 heavy (non-hydrogen) atoms. The van der Waals surface area contributed by atoms with Gasteiger partial charge in [-0.15, -0.1) is 0 Å². The molecule has 0 aromatic carbocycles. The summed E-state index contributed by atoms with van der Waals surface area (Å²) >= 11 is 0. The summed E-state index contributed by atoms with van der Waals surface area (Å²) in [6, 6.07) is 3.61. The predicted molar refractivity (Wildman–Crippen MR) is 118 cm³/mol. The second-order valence-corrected chi connectivity index (χ2v) is 11.2. The van der Waals surface area contributed by atoms with Crippen LogP contribution in [0.5, 0.6) is 0 Å². The molecule has 3 saturated heterocycles. The summed E-state index contributed by atoms with van der Waals surface area (Å²) in [6.07, 6.45) is 7.48. The molecule has 3 aliphatic heterocycles. The van der Waals surface area contributed by atoms with Crippen molar-refractivity contribution in [3.8, 4) is 0 Å². The molecule has 0 radical (unpaired) electrons. The van der Waals surface area contributed by atoms with Crippen LogP contribution in [-0.4, -0.2) is 80.6 Å². The summed E-state index contributed by atoms with van der Waals surface area (Å²) in [4.78, 5) is 9.68. The molecule has 8 heteroatoms. The molecule has 4 heterocycles. The fraction of sp³-hybridized carbons (Fsp3) is 0.773. The topological polar surface area (TPSA) is 66.0 Å². The second kappa shape index (κ2) is 9.51. The molecule has 168 valence electrons. The fourth-order valence-corrected chi connectivity index (χ4v) is 6.57. The standard InChI is InChI=1S/C22H36N4O3S/c1-18-15-24(16-19(2)29-18)17-20-8-12-25(13-9-20)22-7-6-21(14-23-22)30(27,28)26-10-4-3-5-11-26/h6-7,14,18-20H,3-5,8-13,15-17H2,1-2H3. The highest BCUT2D eigenvalue weighted by Crippen LogP contribution is 2.26. The summed E-state index contributed by atoms with van der Waals surface area (Å²) in [5.74, 6) is 1.59. The Kier molecular flexibility index (Phi) is 6.97. The minimum Gasteiger partial charge on any atom is -0.373 e. The molecule has 3 fully saturated rings. The lowest BCUT2D eigenvalue weighted by Crippen LogP contribution is -2.48. The Morgan fingerprint density at radius 2 is 1.67 bits per heavy atom. The van der Waals surface area contributed by atoms with E-state index >= 15 is 0 Å². The molecule has 2 unspecified atom stereocenters. The van der Waals surface area contributed by atoms with Gasteiger partial charge in [0.05, 0.1) is 12.2 Å². The predicted octanol–water partition coefficient (Wildman–Crippen LogP) is 2.58. The number of hydrogen-bond donors (Lipinski definition) is 0. The lowest BCUT2D eigenvalue weighted by atomic mass is 9.95. The van der Waals surface area contributed by atoms with Gasteiger partial charge in [-0.2, -0.15) is 4.31 Å². The molecule has 2 atom stereocenters. The largest absolute Gasteiger partial charge is 0.373 e. The summed E-state index contributed by atoms with van der Waals surface area (Å²) in [5.41, 5.74) is 0. The van der Waals surface area contributed by atoms with E-state index in [2.05, 4.69) is 28.6 Å². The third-order valence-electron chi connectivity index (χ3n) is 6.62. The molecule has 0 bridgehead atoms. The Bertz CT molecular complexity index is 777. The Morgan fingerprint density at radius 3 is 2.27 bits per heavy atom. The van der Waals surface area contributed by atoms with Crippen molar-refractivity contribution in [2.45, 2.75) is 63.1 Å². The smallest absolute Gasteiger partial charge is 0.244 e. The average Bonchev–Trinajstić information content (AvgIpc) is 2.74. The van der Waals surface area contributed by atoms with Gasteiger partial charge in [-0.3, -0.25) is 4.90 Å². The number of piperidine rings is 2. The van der Waals surface area contributed by atoms with E-state index in [0.29, 0.717) is 36.1 Å². The molecule has 0 spiro atoms. The highest BCUT2D eigenvalue weighted by molar-refractivity contribution is 7.89. The molecule has 0 saturated carbocycles. The molecule has 4 rings (SSSR count). The highest BCUT2D eigenvalue weighted by Gasteiger charge is 2.28.